The molecule has 0 radical (unpaired) electrons. The number of likely N-dealkylation sites (tertiary alicyclic amines) is 1. The Labute approximate surface area is 126 Å². The molecule has 4 nitrogen and oxygen atoms in total. The molecule has 1 saturated heterocycles. The first kappa shape index (κ1) is 14.4. The van der Waals surface area contributed by atoms with Gasteiger partial charge in [0.1, 0.15) is 0 Å². The van der Waals surface area contributed by atoms with E-state index in [1.165, 1.54) is 19.3 Å². The number of carbonyl (C=O) groups is 1. The van der Waals surface area contributed by atoms with Crippen molar-refractivity contribution in [2.45, 2.75) is 51.1 Å². The van der Waals surface area contributed by atoms with Gasteiger partial charge in [0.15, 0.2) is 0 Å². The number of rotatable bonds is 2. The van der Waals surface area contributed by atoms with Gasteiger partial charge in [-0.05, 0) is 56.2 Å². The zero-order valence-corrected chi connectivity index (χ0v) is 12.7. The Morgan fingerprint density at radius 3 is 2.95 bits per heavy atom. The van der Waals surface area contributed by atoms with Crippen LogP contribution in [0, 0.1) is 5.92 Å². The van der Waals surface area contributed by atoms with Gasteiger partial charge in [0.2, 0.25) is 0 Å². The van der Waals surface area contributed by atoms with Crippen molar-refractivity contribution in [2.75, 3.05) is 11.9 Å². The molecule has 2 amide bonds. The second-order valence-corrected chi connectivity index (χ2v) is 6.44. The molecule has 2 aliphatic rings. The fourth-order valence-electron chi connectivity index (χ4n) is 3.80. The predicted octanol–water partition coefficient (Wildman–Crippen LogP) is 3.50. The van der Waals surface area contributed by atoms with Gasteiger partial charge in [-0.1, -0.05) is 18.6 Å². The Balaban J connectivity index is 1.69. The maximum Gasteiger partial charge on any atom is 0.322 e. The molecule has 0 aromatic heterocycles. The van der Waals surface area contributed by atoms with Crippen LogP contribution < -0.4 is 11.1 Å². The van der Waals surface area contributed by atoms with E-state index in [-0.39, 0.29) is 12.1 Å². The number of hydrogen-bond acceptors (Lipinski definition) is 2. The molecule has 4 heteroatoms. The van der Waals surface area contributed by atoms with Crippen molar-refractivity contribution in [3.05, 3.63) is 29.8 Å². The summed E-state index contributed by atoms with van der Waals surface area (Å²) >= 11 is 0. The highest BCUT2D eigenvalue weighted by atomic mass is 16.2. The molecule has 3 N–H and O–H groups in total. The molecule has 21 heavy (non-hydrogen) atoms. The Morgan fingerprint density at radius 2 is 2.14 bits per heavy atom. The van der Waals surface area contributed by atoms with Crippen LogP contribution in [0.4, 0.5) is 10.5 Å². The summed E-state index contributed by atoms with van der Waals surface area (Å²) in [6.45, 7) is 2.84. The monoisotopic (exact) mass is 287 g/mol. The van der Waals surface area contributed by atoms with Crippen LogP contribution in [0.15, 0.2) is 24.3 Å². The molecule has 1 aromatic rings. The number of benzene rings is 1. The lowest BCUT2D eigenvalue weighted by Gasteiger charge is -2.37. The Hall–Kier alpha value is -1.55. The molecule has 3 unspecified atom stereocenters. The van der Waals surface area contributed by atoms with E-state index in [1.807, 2.05) is 31.2 Å². The minimum Gasteiger partial charge on any atom is -0.324 e. The number of nitrogens with one attached hydrogen (secondary N) is 1. The number of hydrogen-bond donors (Lipinski definition) is 2. The topological polar surface area (TPSA) is 58.4 Å². The number of nitrogens with zero attached hydrogens (tertiary/aromatic N) is 1. The molecular formula is C17H25N3O. The molecule has 2 fully saturated rings. The second kappa shape index (κ2) is 6.06. The van der Waals surface area contributed by atoms with Crippen LogP contribution in [-0.2, 0) is 0 Å². The van der Waals surface area contributed by atoms with E-state index in [0.29, 0.717) is 6.04 Å². The van der Waals surface area contributed by atoms with Gasteiger partial charge in [0, 0.05) is 24.3 Å². The summed E-state index contributed by atoms with van der Waals surface area (Å²) in [5.74, 6) is 0.722. The smallest absolute Gasteiger partial charge is 0.322 e. The lowest BCUT2D eigenvalue weighted by atomic mass is 9.92. The van der Waals surface area contributed by atoms with Crippen LogP contribution >= 0.6 is 0 Å². The standard InChI is InChI=1S/C17H25N3O/c1-12(18)14-6-2-8-15(11-14)19-17(21)20-10-4-7-13-5-3-9-16(13)20/h2,6,8,11-13,16H,3-5,7,9-10,18H2,1H3,(H,19,21). The van der Waals surface area contributed by atoms with Crippen LogP contribution in [0.1, 0.15) is 50.6 Å². The van der Waals surface area contributed by atoms with Gasteiger partial charge in [-0.15, -0.1) is 0 Å². The number of piperidine rings is 1. The molecule has 0 spiro atoms. The largest absolute Gasteiger partial charge is 0.324 e. The number of amides is 2. The molecule has 1 aliphatic carbocycles. The van der Waals surface area contributed by atoms with Gasteiger partial charge in [0.25, 0.3) is 0 Å². The fraction of sp³-hybridized carbons (Fsp3) is 0.588. The molecule has 1 aliphatic heterocycles. The minimum atomic E-state index is -0.0175. The van der Waals surface area contributed by atoms with Gasteiger partial charge in [0.05, 0.1) is 0 Å². The van der Waals surface area contributed by atoms with Crippen molar-refractivity contribution in [1.29, 1.82) is 0 Å². The van der Waals surface area contributed by atoms with Crippen molar-refractivity contribution in [3.63, 3.8) is 0 Å². The first-order chi connectivity index (χ1) is 10.1. The van der Waals surface area contributed by atoms with E-state index >= 15 is 0 Å². The summed E-state index contributed by atoms with van der Waals surface area (Å²) in [7, 11) is 0. The van der Waals surface area contributed by atoms with Crippen LogP contribution in [0.5, 0.6) is 0 Å². The fourth-order valence-corrected chi connectivity index (χ4v) is 3.80. The third kappa shape index (κ3) is 3.05. The van der Waals surface area contributed by atoms with Gasteiger partial charge < -0.3 is 16.0 Å². The summed E-state index contributed by atoms with van der Waals surface area (Å²) < 4.78 is 0. The zero-order valence-electron chi connectivity index (χ0n) is 12.7. The van der Waals surface area contributed by atoms with E-state index in [0.717, 1.165) is 36.6 Å². The summed E-state index contributed by atoms with van der Waals surface area (Å²) in [6.07, 6.45) is 6.13. The maximum atomic E-state index is 12.6. The Bertz CT molecular complexity index is 515. The average Bonchev–Trinajstić information content (AvgIpc) is 2.95. The lowest BCUT2D eigenvalue weighted by molar-refractivity contribution is 0.138. The lowest BCUT2D eigenvalue weighted by Crippen LogP contribution is -2.48. The van der Waals surface area contributed by atoms with E-state index in [4.69, 9.17) is 5.73 Å². The van der Waals surface area contributed by atoms with Gasteiger partial charge in [-0.2, -0.15) is 0 Å². The van der Waals surface area contributed by atoms with Crippen molar-refractivity contribution in [3.8, 4) is 0 Å². The summed E-state index contributed by atoms with van der Waals surface area (Å²) in [5, 5.41) is 3.05. The first-order valence-electron chi connectivity index (χ1n) is 8.08. The predicted molar refractivity (Wildman–Crippen MR) is 85.1 cm³/mol. The van der Waals surface area contributed by atoms with Gasteiger partial charge >= 0.3 is 6.03 Å². The normalized spacial score (nSPS) is 26.3. The number of fused-ring (bicyclic) bond motifs is 1. The van der Waals surface area contributed by atoms with Gasteiger partial charge in [-0.3, -0.25) is 0 Å². The molecule has 1 aromatic carbocycles. The van der Waals surface area contributed by atoms with Crippen molar-refractivity contribution in [2.24, 2.45) is 11.7 Å². The van der Waals surface area contributed by atoms with Crippen molar-refractivity contribution < 1.29 is 4.79 Å². The molecule has 1 heterocycles. The first-order valence-corrected chi connectivity index (χ1v) is 8.08. The molecule has 0 bridgehead atoms. The highest BCUT2D eigenvalue weighted by Crippen LogP contribution is 2.37. The highest BCUT2D eigenvalue weighted by molar-refractivity contribution is 5.89. The second-order valence-electron chi connectivity index (χ2n) is 6.44. The molecule has 3 atom stereocenters. The average molecular weight is 287 g/mol. The van der Waals surface area contributed by atoms with E-state index in [2.05, 4.69) is 10.2 Å². The highest BCUT2D eigenvalue weighted by Gasteiger charge is 2.37. The number of nitrogens with two attached hydrogens (primary N) is 1. The Morgan fingerprint density at radius 1 is 1.33 bits per heavy atom. The molecule has 1 saturated carbocycles. The van der Waals surface area contributed by atoms with Crippen molar-refractivity contribution in [1.82, 2.24) is 4.90 Å². The Kier molecular flexibility index (Phi) is 4.15. The molecule has 3 rings (SSSR count). The van der Waals surface area contributed by atoms with Crippen LogP contribution in [0.2, 0.25) is 0 Å². The van der Waals surface area contributed by atoms with Crippen LogP contribution in [0.25, 0.3) is 0 Å². The van der Waals surface area contributed by atoms with Gasteiger partial charge in [-0.25, -0.2) is 4.79 Å². The third-order valence-electron chi connectivity index (χ3n) is 4.92. The van der Waals surface area contributed by atoms with Crippen molar-refractivity contribution >= 4 is 11.7 Å². The summed E-state index contributed by atoms with van der Waals surface area (Å²) in [5.41, 5.74) is 7.79. The number of carbonyl (C=O) groups excluding carboxylic acids is 1. The SMILES string of the molecule is CC(N)c1cccc(NC(=O)N2CCCC3CCCC32)c1. The third-order valence-corrected chi connectivity index (χ3v) is 4.92. The maximum absolute atomic E-state index is 12.6. The summed E-state index contributed by atoms with van der Waals surface area (Å²) in [6, 6.07) is 8.33. The zero-order chi connectivity index (χ0) is 14.8. The summed E-state index contributed by atoms with van der Waals surface area (Å²) in [4.78, 5) is 14.6. The number of urea groups is 1. The number of anilines is 1. The van der Waals surface area contributed by atoms with Crippen LogP contribution in [-0.4, -0.2) is 23.5 Å². The van der Waals surface area contributed by atoms with E-state index in [9.17, 15) is 4.79 Å². The van der Waals surface area contributed by atoms with Crippen LogP contribution in [0.3, 0.4) is 0 Å². The van der Waals surface area contributed by atoms with E-state index in [1.54, 1.807) is 0 Å². The molecule has 114 valence electrons. The minimum absolute atomic E-state index is 0.0175. The van der Waals surface area contributed by atoms with E-state index < -0.39 is 0 Å². The quantitative estimate of drug-likeness (QED) is 0.874. The molecular weight excluding hydrogens is 262 g/mol.